The summed E-state index contributed by atoms with van der Waals surface area (Å²) in [6.45, 7) is 1.70. The molecule has 7 heteroatoms. The molecule has 1 aromatic rings. The predicted molar refractivity (Wildman–Crippen MR) is 60.3 cm³/mol. The zero-order chi connectivity index (χ0) is 13.2. The van der Waals surface area contributed by atoms with Crippen molar-refractivity contribution in [1.82, 2.24) is 4.98 Å². The van der Waals surface area contributed by atoms with Crippen molar-refractivity contribution in [3.8, 4) is 0 Å². The van der Waals surface area contributed by atoms with Crippen LogP contribution in [0, 0.1) is 23.5 Å². The Balaban J connectivity index is 3.20. The molecule has 1 aromatic heterocycles. The highest BCUT2D eigenvalue weighted by atomic mass is 32.2. The molecule has 1 unspecified atom stereocenters. The summed E-state index contributed by atoms with van der Waals surface area (Å²) in [4.78, 5) is 3.67. The number of nitrogens with zero attached hydrogens (tertiary/aromatic N) is 2. The Morgan fingerprint density at radius 1 is 1.18 bits per heavy atom. The Kier molecular flexibility index (Phi) is 4.62. The van der Waals surface area contributed by atoms with Crippen molar-refractivity contribution in [2.45, 2.75) is 13.0 Å². The number of aromatic nitrogens is 1. The number of hydrogen-bond donors (Lipinski definition) is 0. The van der Waals surface area contributed by atoms with E-state index in [2.05, 4.69) is 4.98 Å². The standard InChI is InChI=1S/C10H12F4N2S/c1-5(4-17-3)16(2)8-6(11)9(13)15-10(14)7(8)12/h5H,4H2,1-3H3. The second-order valence-electron chi connectivity index (χ2n) is 3.59. The predicted octanol–water partition coefficient (Wildman–Crippen LogP) is 2.83. The van der Waals surface area contributed by atoms with Gasteiger partial charge in [0.15, 0.2) is 0 Å². The van der Waals surface area contributed by atoms with Gasteiger partial charge in [0, 0.05) is 18.8 Å². The summed E-state index contributed by atoms with van der Waals surface area (Å²) in [5.41, 5.74) is -0.725. The molecule has 0 saturated heterocycles. The van der Waals surface area contributed by atoms with Crippen LogP contribution in [0.25, 0.3) is 0 Å². The van der Waals surface area contributed by atoms with Crippen molar-refractivity contribution in [3.05, 3.63) is 23.5 Å². The lowest BCUT2D eigenvalue weighted by Gasteiger charge is -2.27. The van der Waals surface area contributed by atoms with E-state index in [-0.39, 0.29) is 6.04 Å². The van der Waals surface area contributed by atoms with Gasteiger partial charge in [0.25, 0.3) is 11.9 Å². The van der Waals surface area contributed by atoms with E-state index in [0.29, 0.717) is 5.75 Å². The number of halogens is 4. The lowest BCUT2D eigenvalue weighted by Crippen LogP contribution is -2.33. The van der Waals surface area contributed by atoms with E-state index >= 15 is 0 Å². The second kappa shape index (κ2) is 5.57. The first kappa shape index (κ1) is 14.1. The molecule has 0 amide bonds. The highest BCUT2D eigenvalue weighted by Crippen LogP contribution is 2.27. The topological polar surface area (TPSA) is 16.1 Å². The van der Waals surface area contributed by atoms with E-state index in [1.165, 1.54) is 18.8 Å². The zero-order valence-electron chi connectivity index (χ0n) is 9.60. The number of rotatable bonds is 4. The Hall–Kier alpha value is -0.980. The van der Waals surface area contributed by atoms with Gasteiger partial charge in [-0.1, -0.05) is 0 Å². The first-order valence-electron chi connectivity index (χ1n) is 4.81. The second-order valence-corrected chi connectivity index (χ2v) is 4.50. The third-order valence-corrected chi connectivity index (χ3v) is 3.21. The van der Waals surface area contributed by atoms with Crippen molar-refractivity contribution < 1.29 is 17.6 Å². The molecule has 0 aliphatic carbocycles. The van der Waals surface area contributed by atoms with Crippen LogP contribution in [0.15, 0.2) is 0 Å². The molecule has 17 heavy (non-hydrogen) atoms. The van der Waals surface area contributed by atoms with E-state index in [4.69, 9.17) is 0 Å². The normalized spacial score (nSPS) is 12.6. The fraction of sp³-hybridized carbons (Fsp3) is 0.500. The van der Waals surface area contributed by atoms with Crippen molar-refractivity contribution in [1.29, 1.82) is 0 Å². The first-order chi connectivity index (χ1) is 7.90. The maximum Gasteiger partial charge on any atom is 0.253 e. The molecule has 1 atom stereocenters. The number of thioether (sulfide) groups is 1. The van der Waals surface area contributed by atoms with Crippen LogP contribution in [0.5, 0.6) is 0 Å². The molecule has 0 bridgehead atoms. The van der Waals surface area contributed by atoms with E-state index < -0.39 is 29.2 Å². The van der Waals surface area contributed by atoms with Crippen molar-refractivity contribution in [3.63, 3.8) is 0 Å². The molecule has 0 aliphatic rings. The Labute approximate surface area is 101 Å². The summed E-state index contributed by atoms with van der Waals surface area (Å²) in [5, 5.41) is 0. The molecule has 0 N–H and O–H groups in total. The fourth-order valence-corrected chi connectivity index (χ4v) is 2.07. The molecule has 1 heterocycles. The van der Waals surface area contributed by atoms with Crippen LogP contribution in [0.3, 0.4) is 0 Å². The van der Waals surface area contributed by atoms with Gasteiger partial charge in [0.05, 0.1) is 0 Å². The third kappa shape index (κ3) is 2.83. The van der Waals surface area contributed by atoms with Gasteiger partial charge in [-0.2, -0.15) is 34.3 Å². The number of pyridine rings is 1. The Morgan fingerprint density at radius 2 is 1.65 bits per heavy atom. The minimum atomic E-state index is -1.64. The molecule has 0 saturated carbocycles. The summed E-state index contributed by atoms with van der Waals surface area (Å²) in [5.74, 6) is -5.65. The van der Waals surface area contributed by atoms with Gasteiger partial charge in [0.1, 0.15) is 5.69 Å². The van der Waals surface area contributed by atoms with Crippen molar-refractivity contribution >= 4 is 17.4 Å². The molecule has 0 radical (unpaired) electrons. The van der Waals surface area contributed by atoms with Crippen LogP contribution < -0.4 is 4.90 Å². The van der Waals surface area contributed by atoms with Crippen molar-refractivity contribution in [2.75, 3.05) is 24.0 Å². The molecule has 0 aliphatic heterocycles. The van der Waals surface area contributed by atoms with Crippen LogP contribution in [0.1, 0.15) is 6.92 Å². The number of anilines is 1. The summed E-state index contributed by atoms with van der Waals surface area (Å²) in [7, 11) is 1.38. The Bertz CT molecular complexity index is 388. The van der Waals surface area contributed by atoms with E-state index in [9.17, 15) is 17.6 Å². The van der Waals surface area contributed by atoms with Crippen molar-refractivity contribution in [2.24, 2.45) is 0 Å². The summed E-state index contributed by atoms with van der Waals surface area (Å²) < 4.78 is 52.6. The molecule has 96 valence electrons. The lowest BCUT2D eigenvalue weighted by molar-refractivity contribution is 0.405. The van der Waals surface area contributed by atoms with Gasteiger partial charge in [-0.15, -0.1) is 0 Å². The van der Waals surface area contributed by atoms with E-state index in [1.54, 1.807) is 6.92 Å². The van der Waals surface area contributed by atoms with Gasteiger partial charge in [0.2, 0.25) is 11.6 Å². The Morgan fingerprint density at radius 3 is 2.06 bits per heavy atom. The maximum atomic E-state index is 13.4. The molecule has 2 nitrogen and oxygen atoms in total. The zero-order valence-corrected chi connectivity index (χ0v) is 10.4. The molecule has 1 rings (SSSR count). The van der Waals surface area contributed by atoms with Crippen LogP contribution in [0.4, 0.5) is 23.2 Å². The highest BCUT2D eigenvalue weighted by molar-refractivity contribution is 7.98. The SMILES string of the molecule is CSCC(C)N(C)c1c(F)c(F)nc(F)c1F. The summed E-state index contributed by atoms with van der Waals surface area (Å²) >= 11 is 1.46. The van der Waals surface area contributed by atoms with Gasteiger partial charge < -0.3 is 4.90 Å². The quantitative estimate of drug-likeness (QED) is 0.617. The molecule has 0 aromatic carbocycles. The smallest absolute Gasteiger partial charge is 0.253 e. The van der Waals surface area contributed by atoms with Gasteiger partial charge in [-0.25, -0.2) is 0 Å². The molecule has 0 spiro atoms. The molecule has 0 fully saturated rings. The monoisotopic (exact) mass is 268 g/mol. The molecular formula is C10H12F4N2S. The number of hydrogen-bond acceptors (Lipinski definition) is 3. The van der Waals surface area contributed by atoms with E-state index in [1.807, 2.05) is 6.26 Å². The maximum absolute atomic E-state index is 13.4. The first-order valence-corrected chi connectivity index (χ1v) is 6.21. The lowest BCUT2D eigenvalue weighted by atomic mass is 10.2. The largest absolute Gasteiger partial charge is 0.366 e. The van der Waals surface area contributed by atoms with E-state index in [0.717, 1.165) is 4.90 Å². The fourth-order valence-electron chi connectivity index (χ4n) is 1.36. The molecular weight excluding hydrogens is 256 g/mol. The third-order valence-electron chi connectivity index (χ3n) is 2.40. The summed E-state index contributed by atoms with van der Waals surface area (Å²) in [6.07, 6.45) is 1.82. The minimum absolute atomic E-state index is 0.268. The van der Waals surface area contributed by atoms with Crippen LogP contribution >= 0.6 is 11.8 Å². The van der Waals surface area contributed by atoms with Gasteiger partial charge >= 0.3 is 0 Å². The summed E-state index contributed by atoms with van der Waals surface area (Å²) in [6, 6.07) is -0.268. The van der Waals surface area contributed by atoms with Gasteiger partial charge in [-0.3, -0.25) is 0 Å². The van der Waals surface area contributed by atoms with Crippen LogP contribution in [0.2, 0.25) is 0 Å². The van der Waals surface area contributed by atoms with Crippen LogP contribution in [-0.2, 0) is 0 Å². The highest BCUT2D eigenvalue weighted by Gasteiger charge is 2.25. The van der Waals surface area contributed by atoms with Crippen LogP contribution in [-0.4, -0.2) is 30.1 Å². The minimum Gasteiger partial charge on any atom is -0.366 e. The average molecular weight is 268 g/mol. The van der Waals surface area contributed by atoms with Gasteiger partial charge in [-0.05, 0) is 13.2 Å². The average Bonchev–Trinajstić information content (AvgIpc) is 2.27.